The number of nitrogens with zero attached hydrogens (tertiary/aromatic N) is 1. The van der Waals surface area contributed by atoms with E-state index in [1.807, 2.05) is 6.92 Å². The fourth-order valence-electron chi connectivity index (χ4n) is 2.66. The second-order valence-corrected chi connectivity index (χ2v) is 6.29. The molecule has 0 unspecified atom stereocenters. The lowest BCUT2D eigenvalue weighted by Crippen LogP contribution is -2.43. The van der Waals surface area contributed by atoms with Crippen LogP contribution in [0.25, 0.3) is 0 Å². The molecular formula is C14H21N3O2S. The van der Waals surface area contributed by atoms with Crippen LogP contribution in [0.2, 0.25) is 0 Å². The third kappa shape index (κ3) is 2.50. The molecule has 6 heteroatoms. The van der Waals surface area contributed by atoms with E-state index in [4.69, 9.17) is 10.5 Å². The molecule has 2 heterocycles. The smallest absolute Gasteiger partial charge is 0.350 e. The molecule has 1 aliphatic heterocycles. The van der Waals surface area contributed by atoms with Crippen LogP contribution in [0.15, 0.2) is 0 Å². The third-order valence-corrected chi connectivity index (χ3v) is 5.08. The van der Waals surface area contributed by atoms with Gasteiger partial charge in [-0.05, 0) is 25.7 Å². The molecule has 0 spiro atoms. The zero-order valence-corrected chi connectivity index (χ0v) is 12.6. The molecule has 0 radical (unpaired) electrons. The first-order valence-electron chi connectivity index (χ1n) is 7.27. The summed E-state index contributed by atoms with van der Waals surface area (Å²) in [5.74, 6) is 0.262. The molecular weight excluding hydrogens is 274 g/mol. The van der Waals surface area contributed by atoms with E-state index in [2.05, 4.69) is 10.2 Å². The molecule has 0 aromatic carbocycles. The van der Waals surface area contributed by atoms with Crippen LogP contribution in [0.3, 0.4) is 0 Å². The number of esters is 1. The molecule has 1 aliphatic carbocycles. The fourth-order valence-corrected chi connectivity index (χ4v) is 3.92. The summed E-state index contributed by atoms with van der Waals surface area (Å²) < 4.78 is 5.13. The zero-order chi connectivity index (χ0) is 14.1. The Morgan fingerprint density at radius 1 is 1.45 bits per heavy atom. The average Bonchev–Trinajstić information content (AvgIpc) is 3.23. The van der Waals surface area contributed by atoms with Gasteiger partial charge in [0.15, 0.2) is 0 Å². The summed E-state index contributed by atoms with van der Waals surface area (Å²) in [6.45, 7) is 6.12. The van der Waals surface area contributed by atoms with Gasteiger partial charge in [-0.1, -0.05) is 0 Å². The minimum Gasteiger partial charge on any atom is -0.462 e. The predicted octanol–water partition coefficient (Wildman–Crippen LogP) is 1.79. The van der Waals surface area contributed by atoms with Crippen molar-refractivity contribution in [2.75, 3.05) is 43.4 Å². The second kappa shape index (κ2) is 5.61. The third-order valence-electron chi connectivity index (χ3n) is 3.81. The van der Waals surface area contributed by atoms with E-state index in [1.54, 1.807) is 0 Å². The summed E-state index contributed by atoms with van der Waals surface area (Å²) in [7, 11) is 0. The summed E-state index contributed by atoms with van der Waals surface area (Å²) in [6.07, 6.45) is 2.37. The van der Waals surface area contributed by atoms with Crippen LogP contribution in [-0.4, -0.2) is 38.8 Å². The van der Waals surface area contributed by atoms with Crippen molar-refractivity contribution >= 4 is 28.0 Å². The number of nitrogen functional groups attached to an aromatic ring is 1. The molecule has 3 N–H and O–H groups in total. The number of hydrogen-bond acceptors (Lipinski definition) is 6. The molecule has 5 nitrogen and oxygen atoms in total. The molecule has 1 aromatic heterocycles. The normalized spacial score (nSPS) is 19.1. The largest absolute Gasteiger partial charge is 0.462 e. The Labute approximate surface area is 123 Å². The molecule has 0 atom stereocenters. The highest BCUT2D eigenvalue weighted by atomic mass is 32.1. The lowest BCUT2D eigenvalue weighted by atomic mass is 10.1. The van der Waals surface area contributed by atoms with E-state index in [0.29, 0.717) is 23.1 Å². The van der Waals surface area contributed by atoms with Crippen LogP contribution in [0.1, 0.15) is 40.9 Å². The summed E-state index contributed by atoms with van der Waals surface area (Å²) in [5.41, 5.74) is 8.10. The van der Waals surface area contributed by atoms with Gasteiger partial charge in [0.2, 0.25) is 0 Å². The lowest BCUT2D eigenvalue weighted by molar-refractivity contribution is 0.0533. The number of ether oxygens (including phenoxy) is 1. The highest BCUT2D eigenvalue weighted by Crippen LogP contribution is 2.52. The van der Waals surface area contributed by atoms with Crippen molar-refractivity contribution in [2.24, 2.45) is 0 Å². The molecule has 1 saturated carbocycles. The van der Waals surface area contributed by atoms with Crippen LogP contribution in [0.4, 0.5) is 10.7 Å². The minimum atomic E-state index is -0.279. The zero-order valence-electron chi connectivity index (χ0n) is 11.8. The van der Waals surface area contributed by atoms with E-state index >= 15 is 0 Å². The van der Waals surface area contributed by atoms with Crippen LogP contribution in [-0.2, 0) is 4.74 Å². The van der Waals surface area contributed by atoms with Crippen LogP contribution >= 0.6 is 11.3 Å². The number of carbonyl (C=O) groups is 1. The minimum absolute atomic E-state index is 0.279. The fraction of sp³-hybridized carbons (Fsp3) is 0.643. The SMILES string of the molecule is CCOC(=O)c1sc(N2CCNCC2)c(C2CC2)c1N. The molecule has 1 saturated heterocycles. The molecule has 0 amide bonds. The molecule has 110 valence electrons. The average molecular weight is 295 g/mol. The number of nitrogens with two attached hydrogens (primary N) is 1. The van der Waals surface area contributed by atoms with Gasteiger partial charge in [-0.3, -0.25) is 0 Å². The maximum Gasteiger partial charge on any atom is 0.350 e. The van der Waals surface area contributed by atoms with Gasteiger partial charge in [0.1, 0.15) is 4.88 Å². The van der Waals surface area contributed by atoms with Crippen LogP contribution < -0.4 is 16.0 Å². The van der Waals surface area contributed by atoms with E-state index in [1.165, 1.54) is 34.7 Å². The first kappa shape index (κ1) is 13.7. The molecule has 2 aliphatic rings. The summed E-state index contributed by atoms with van der Waals surface area (Å²) in [4.78, 5) is 15.0. The van der Waals surface area contributed by atoms with Crippen LogP contribution in [0, 0.1) is 0 Å². The highest BCUT2D eigenvalue weighted by molar-refractivity contribution is 7.18. The molecule has 1 aromatic rings. The standard InChI is InChI=1S/C14H21N3O2S/c1-2-19-14(18)12-11(15)10(9-3-4-9)13(20-12)17-7-5-16-6-8-17/h9,16H,2-8,15H2,1H3. The van der Waals surface area contributed by atoms with E-state index in [9.17, 15) is 4.79 Å². The van der Waals surface area contributed by atoms with Gasteiger partial charge in [0, 0.05) is 31.7 Å². The number of anilines is 2. The molecule has 20 heavy (non-hydrogen) atoms. The predicted molar refractivity (Wildman–Crippen MR) is 81.7 cm³/mol. The molecule has 2 fully saturated rings. The van der Waals surface area contributed by atoms with Gasteiger partial charge in [0.05, 0.1) is 17.3 Å². The first-order chi connectivity index (χ1) is 9.72. The van der Waals surface area contributed by atoms with Crippen molar-refractivity contribution in [1.82, 2.24) is 5.32 Å². The monoisotopic (exact) mass is 295 g/mol. The van der Waals surface area contributed by atoms with Crippen molar-refractivity contribution in [3.63, 3.8) is 0 Å². The second-order valence-electron chi connectivity index (χ2n) is 5.30. The van der Waals surface area contributed by atoms with Gasteiger partial charge >= 0.3 is 5.97 Å². The highest BCUT2D eigenvalue weighted by Gasteiger charge is 2.35. The van der Waals surface area contributed by atoms with Crippen molar-refractivity contribution in [3.8, 4) is 0 Å². The van der Waals surface area contributed by atoms with Crippen molar-refractivity contribution < 1.29 is 9.53 Å². The summed E-state index contributed by atoms with van der Waals surface area (Å²) in [5, 5.41) is 4.54. The lowest BCUT2D eigenvalue weighted by Gasteiger charge is -2.29. The maximum atomic E-state index is 12.0. The molecule has 0 bridgehead atoms. The molecule has 3 rings (SSSR count). The number of nitrogens with one attached hydrogen (secondary N) is 1. The van der Waals surface area contributed by atoms with Crippen LogP contribution in [0.5, 0.6) is 0 Å². The Morgan fingerprint density at radius 3 is 2.75 bits per heavy atom. The van der Waals surface area contributed by atoms with Gasteiger partial charge in [-0.2, -0.15) is 0 Å². The number of piperazine rings is 1. The van der Waals surface area contributed by atoms with E-state index < -0.39 is 0 Å². The van der Waals surface area contributed by atoms with Gasteiger partial charge in [-0.25, -0.2) is 4.79 Å². The van der Waals surface area contributed by atoms with Gasteiger partial charge < -0.3 is 20.7 Å². The van der Waals surface area contributed by atoms with Crippen molar-refractivity contribution in [2.45, 2.75) is 25.7 Å². The maximum absolute atomic E-state index is 12.0. The number of hydrogen-bond donors (Lipinski definition) is 2. The number of rotatable bonds is 4. The Bertz CT molecular complexity index is 505. The van der Waals surface area contributed by atoms with Crippen molar-refractivity contribution in [3.05, 3.63) is 10.4 Å². The summed E-state index contributed by atoms with van der Waals surface area (Å²) in [6, 6.07) is 0. The Morgan fingerprint density at radius 2 is 2.15 bits per heavy atom. The quantitative estimate of drug-likeness (QED) is 0.829. The van der Waals surface area contributed by atoms with Gasteiger partial charge in [-0.15, -0.1) is 11.3 Å². The van der Waals surface area contributed by atoms with E-state index in [-0.39, 0.29) is 5.97 Å². The number of carbonyl (C=O) groups excluding carboxylic acids is 1. The van der Waals surface area contributed by atoms with E-state index in [0.717, 1.165) is 26.2 Å². The Hall–Kier alpha value is -1.27. The Balaban J connectivity index is 1.95. The first-order valence-corrected chi connectivity index (χ1v) is 8.09. The topological polar surface area (TPSA) is 67.6 Å². The summed E-state index contributed by atoms with van der Waals surface area (Å²) >= 11 is 1.51. The Kier molecular flexibility index (Phi) is 3.85. The van der Waals surface area contributed by atoms with Crippen molar-refractivity contribution in [1.29, 1.82) is 0 Å². The number of thiophene rings is 1. The van der Waals surface area contributed by atoms with Gasteiger partial charge in [0.25, 0.3) is 0 Å².